The first kappa shape index (κ1) is 28.9. The van der Waals surface area contributed by atoms with Crippen LogP contribution in [0.1, 0.15) is 61.9 Å². The summed E-state index contributed by atoms with van der Waals surface area (Å²) in [7, 11) is 3.72. The number of aliphatic hydroxyl groups is 1. The number of hydrogen-bond acceptors (Lipinski definition) is 6. The third-order valence-corrected chi connectivity index (χ3v) is 8.01. The van der Waals surface area contributed by atoms with Crippen molar-refractivity contribution in [1.29, 1.82) is 0 Å². The fourth-order valence-corrected chi connectivity index (χ4v) is 5.54. The van der Waals surface area contributed by atoms with Gasteiger partial charge in [-0.25, -0.2) is 0 Å². The summed E-state index contributed by atoms with van der Waals surface area (Å²) < 4.78 is 11.8. The minimum absolute atomic E-state index is 0.0149. The molecule has 1 heterocycles. The fourth-order valence-electron chi connectivity index (χ4n) is 5.54. The zero-order valence-electron chi connectivity index (χ0n) is 23.7. The van der Waals surface area contributed by atoms with E-state index in [-0.39, 0.29) is 42.4 Å². The second-order valence-electron chi connectivity index (χ2n) is 11.2. The molecule has 0 saturated heterocycles. The molecule has 4 rings (SSSR count). The maximum Gasteiger partial charge on any atom is 0.258 e. The van der Waals surface area contributed by atoms with E-state index in [1.54, 1.807) is 24.1 Å². The van der Waals surface area contributed by atoms with Gasteiger partial charge in [0.1, 0.15) is 17.6 Å². The smallest absolute Gasteiger partial charge is 0.258 e. The highest BCUT2D eigenvalue weighted by molar-refractivity contribution is 6.00. The second kappa shape index (κ2) is 13.3. The van der Waals surface area contributed by atoms with Gasteiger partial charge in [0, 0.05) is 37.2 Å². The summed E-state index contributed by atoms with van der Waals surface area (Å²) in [6.07, 6.45) is 4.97. The summed E-state index contributed by atoms with van der Waals surface area (Å²) in [4.78, 5) is 30.5. The number of carbonyl (C=O) groups excluding carboxylic acids is 2. The number of likely N-dealkylation sites (N-methyl/N-ethyl adjacent to an activating group) is 1. The number of nitrogens with zero attached hydrogens (tertiary/aromatic N) is 2. The van der Waals surface area contributed by atoms with Gasteiger partial charge in [-0.1, -0.05) is 38.3 Å². The summed E-state index contributed by atoms with van der Waals surface area (Å²) >= 11 is 0. The number of fused-ring (bicyclic) bond motifs is 1. The molecule has 3 atom stereocenters. The van der Waals surface area contributed by atoms with Gasteiger partial charge in [-0.2, -0.15) is 0 Å². The van der Waals surface area contributed by atoms with Crippen molar-refractivity contribution in [2.24, 2.45) is 11.8 Å². The molecule has 2 aliphatic rings. The van der Waals surface area contributed by atoms with Crippen LogP contribution in [0.15, 0.2) is 42.5 Å². The SMILES string of the molecule is COc1ccc(CN(C)C[C@@H]2Oc3ccc(NC(=O)C4CCCCC4)cc3C(=O)N([C@@H](C)CO)C[C@@H]2C)cc1. The van der Waals surface area contributed by atoms with Crippen LogP contribution < -0.4 is 14.8 Å². The van der Waals surface area contributed by atoms with Crippen LogP contribution in [0.4, 0.5) is 5.69 Å². The van der Waals surface area contributed by atoms with Gasteiger partial charge in [-0.3, -0.25) is 14.5 Å². The average molecular weight is 538 g/mol. The maximum absolute atomic E-state index is 13.7. The molecule has 0 aromatic heterocycles. The van der Waals surface area contributed by atoms with E-state index in [9.17, 15) is 14.7 Å². The van der Waals surface area contributed by atoms with Crippen LogP contribution >= 0.6 is 0 Å². The van der Waals surface area contributed by atoms with Crippen molar-refractivity contribution >= 4 is 17.5 Å². The fraction of sp³-hybridized carbons (Fsp3) is 0.548. The predicted octanol–water partition coefficient (Wildman–Crippen LogP) is 4.57. The number of benzene rings is 2. The van der Waals surface area contributed by atoms with Crippen molar-refractivity contribution in [2.45, 2.75) is 64.6 Å². The summed E-state index contributed by atoms with van der Waals surface area (Å²) in [5, 5.41) is 13.0. The molecule has 8 heteroatoms. The largest absolute Gasteiger partial charge is 0.497 e. The highest BCUT2D eigenvalue weighted by atomic mass is 16.5. The Balaban J connectivity index is 1.55. The highest BCUT2D eigenvalue weighted by Crippen LogP contribution is 2.32. The third-order valence-electron chi connectivity index (χ3n) is 8.01. The highest BCUT2D eigenvalue weighted by Gasteiger charge is 2.34. The first-order valence-corrected chi connectivity index (χ1v) is 14.1. The number of anilines is 1. The van der Waals surface area contributed by atoms with E-state index in [1.807, 2.05) is 25.1 Å². The Morgan fingerprint density at radius 3 is 2.56 bits per heavy atom. The Morgan fingerprint density at radius 1 is 1.18 bits per heavy atom. The van der Waals surface area contributed by atoms with E-state index in [1.165, 1.54) is 12.0 Å². The third kappa shape index (κ3) is 7.31. The molecule has 1 fully saturated rings. The Kier molecular flexibility index (Phi) is 9.86. The van der Waals surface area contributed by atoms with Crippen molar-refractivity contribution in [3.05, 3.63) is 53.6 Å². The van der Waals surface area contributed by atoms with E-state index in [0.29, 0.717) is 30.1 Å². The van der Waals surface area contributed by atoms with Gasteiger partial charge in [0.25, 0.3) is 5.91 Å². The number of nitrogens with one attached hydrogen (secondary N) is 1. The molecule has 212 valence electrons. The summed E-state index contributed by atoms with van der Waals surface area (Å²) in [6.45, 7) is 5.66. The minimum atomic E-state index is -0.343. The lowest BCUT2D eigenvalue weighted by Crippen LogP contribution is -2.49. The van der Waals surface area contributed by atoms with Gasteiger partial charge < -0.3 is 24.8 Å². The van der Waals surface area contributed by atoms with E-state index in [4.69, 9.17) is 9.47 Å². The lowest BCUT2D eigenvalue weighted by atomic mass is 9.88. The van der Waals surface area contributed by atoms with Gasteiger partial charge in [-0.15, -0.1) is 0 Å². The van der Waals surface area contributed by atoms with Gasteiger partial charge in [-0.05, 0) is 62.7 Å². The standard InChI is InChI=1S/C31H43N3O5/c1-21-17-34(22(2)20-35)31(37)27-16-25(32-30(36)24-8-6-5-7-9-24)12-15-28(27)39-29(21)19-33(3)18-23-10-13-26(38-4)14-11-23/h10-16,21-22,24,29,35H,5-9,17-20H2,1-4H3,(H,32,36)/t21-,22-,29-/m0/s1. The van der Waals surface area contributed by atoms with Crippen LogP contribution in [0, 0.1) is 11.8 Å². The molecule has 2 aromatic rings. The lowest BCUT2D eigenvalue weighted by Gasteiger charge is -2.38. The van der Waals surface area contributed by atoms with Gasteiger partial charge in [0.05, 0.1) is 25.3 Å². The van der Waals surface area contributed by atoms with Crippen molar-refractivity contribution in [2.75, 3.05) is 39.2 Å². The van der Waals surface area contributed by atoms with Crippen LogP contribution in [0.25, 0.3) is 0 Å². The number of aliphatic hydroxyl groups excluding tert-OH is 1. The molecule has 2 N–H and O–H groups in total. The zero-order valence-corrected chi connectivity index (χ0v) is 23.7. The molecule has 0 spiro atoms. The van der Waals surface area contributed by atoms with E-state index in [0.717, 1.165) is 38.0 Å². The lowest BCUT2D eigenvalue weighted by molar-refractivity contribution is -0.120. The molecule has 8 nitrogen and oxygen atoms in total. The van der Waals surface area contributed by atoms with Crippen LogP contribution in [-0.2, 0) is 11.3 Å². The van der Waals surface area contributed by atoms with Crippen LogP contribution in [0.3, 0.4) is 0 Å². The number of carbonyl (C=O) groups is 2. The zero-order chi connectivity index (χ0) is 27.9. The first-order chi connectivity index (χ1) is 18.8. The quantitative estimate of drug-likeness (QED) is 0.487. The Bertz CT molecular complexity index is 1120. The molecule has 1 saturated carbocycles. The minimum Gasteiger partial charge on any atom is -0.497 e. The van der Waals surface area contributed by atoms with Gasteiger partial charge >= 0.3 is 0 Å². The number of hydrogen-bond donors (Lipinski definition) is 2. The molecule has 0 bridgehead atoms. The van der Waals surface area contributed by atoms with Crippen LogP contribution in [-0.4, -0.2) is 72.7 Å². The normalized spacial score (nSPS) is 21.0. The summed E-state index contributed by atoms with van der Waals surface area (Å²) in [5.41, 5.74) is 2.17. The van der Waals surface area contributed by atoms with Crippen LogP contribution in [0.5, 0.6) is 11.5 Å². The average Bonchev–Trinajstić information content (AvgIpc) is 2.95. The molecular weight excluding hydrogens is 494 g/mol. The van der Waals surface area contributed by atoms with Crippen LogP contribution in [0.2, 0.25) is 0 Å². The van der Waals surface area contributed by atoms with Crippen molar-refractivity contribution in [3.8, 4) is 11.5 Å². The summed E-state index contributed by atoms with van der Waals surface area (Å²) in [6, 6.07) is 13.0. The van der Waals surface area contributed by atoms with Gasteiger partial charge in [0.2, 0.25) is 5.91 Å². The summed E-state index contributed by atoms with van der Waals surface area (Å²) in [5.74, 6) is 1.19. The molecule has 2 amide bonds. The number of methoxy groups -OCH3 is 1. The molecule has 39 heavy (non-hydrogen) atoms. The molecular formula is C31H43N3O5. The number of amides is 2. The molecule has 2 aromatic carbocycles. The Hall–Kier alpha value is -3.10. The Morgan fingerprint density at radius 2 is 1.90 bits per heavy atom. The molecule has 1 aliphatic heterocycles. The molecule has 1 aliphatic carbocycles. The monoisotopic (exact) mass is 537 g/mol. The topological polar surface area (TPSA) is 91.3 Å². The first-order valence-electron chi connectivity index (χ1n) is 14.1. The predicted molar refractivity (Wildman–Crippen MR) is 152 cm³/mol. The maximum atomic E-state index is 13.7. The van der Waals surface area contributed by atoms with Gasteiger partial charge in [0.15, 0.2) is 0 Å². The van der Waals surface area contributed by atoms with Crippen molar-refractivity contribution < 1.29 is 24.2 Å². The molecule has 0 unspecified atom stereocenters. The van der Waals surface area contributed by atoms with E-state index < -0.39 is 0 Å². The Labute approximate surface area is 232 Å². The van der Waals surface area contributed by atoms with E-state index in [2.05, 4.69) is 36.3 Å². The number of rotatable bonds is 9. The number of ether oxygens (including phenoxy) is 2. The van der Waals surface area contributed by atoms with E-state index >= 15 is 0 Å². The second-order valence-corrected chi connectivity index (χ2v) is 11.2. The molecule has 0 radical (unpaired) electrons. The van der Waals surface area contributed by atoms with Crippen molar-refractivity contribution in [3.63, 3.8) is 0 Å². The van der Waals surface area contributed by atoms with Crippen molar-refractivity contribution in [1.82, 2.24) is 9.80 Å².